The van der Waals surface area contributed by atoms with Crippen LogP contribution in [0.5, 0.6) is 0 Å². The molecule has 0 unspecified atom stereocenters. The maximum atomic E-state index is 12.9. The fraction of sp³-hybridized carbons (Fsp3) is 0.500. The second-order valence-electron chi connectivity index (χ2n) is 7.32. The van der Waals surface area contributed by atoms with Crippen LogP contribution in [-0.4, -0.2) is 22.3 Å². The summed E-state index contributed by atoms with van der Waals surface area (Å²) in [7, 11) is 0. The van der Waals surface area contributed by atoms with E-state index >= 15 is 0 Å². The van der Waals surface area contributed by atoms with E-state index < -0.39 is 17.6 Å². The molecule has 0 atom stereocenters. The second kappa shape index (κ2) is 7.58. The van der Waals surface area contributed by atoms with Gasteiger partial charge in [-0.1, -0.05) is 18.9 Å². The number of nitrogens with one attached hydrogen (secondary N) is 1. The van der Waals surface area contributed by atoms with Crippen molar-refractivity contribution in [1.82, 2.24) is 15.1 Å². The van der Waals surface area contributed by atoms with Crippen LogP contribution < -0.4 is 5.32 Å². The number of amides is 1. The van der Waals surface area contributed by atoms with Crippen molar-refractivity contribution >= 4 is 5.91 Å². The Morgan fingerprint density at radius 2 is 2.07 bits per heavy atom. The fourth-order valence-corrected chi connectivity index (χ4v) is 4.03. The van der Waals surface area contributed by atoms with Crippen LogP contribution in [0.3, 0.4) is 0 Å². The summed E-state index contributed by atoms with van der Waals surface area (Å²) in [5.74, 6) is -0.549. The van der Waals surface area contributed by atoms with Gasteiger partial charge in [0, 0.05) is 23.2 Å². The van der Waals surface area contributed by atoms with E-state index in [0.29, 0.717) is 19.3 Å². The van der Waals surface area contributed by atoms with Gasteiger partial charge in [-0.15, -0.1) is 0 Å². The maximum Gasteiger partial charge on any atom is 0.416 e. The minimum atomic E-state index is -4.48. The normalized spacial score (nSPS) is 17.5. The highest BCUT2D eigenvalue weighted by molar-refractivity contribution is 5.94. The molecule has 1 aliphatic heterocycles. The third-order valence-corrected chi connectivity index (χ3v) is 5.47. The van der Waals surface area contributed by atoms with Gasteiger partial charge in [0.2, 0.25) is 0 Å². The highest BCUT2D eigenvalue weighted by Crippen LogP contribution is 2.33. The zero-order valence-electron chi connectivity index (χ0n) is 15.4. The highest BCUT2D eigenvalue weighted by Gasteiger charge is 2.31. The third-order valence-electron chi connectivity index (χ3n) is 5.47. The molecule has 28 heavy (non-hydrogen) atoms. The number of alkyl halides is 3. The summed E-state index contributed by atoms with van der Waals surface area (Å²) in [6, 6.07) is 4.82. The average Bonchev–Trinajstić information content (AvgIpc) is 3.33. The first-order valence-electron chi connectivity index (χ1n) is 9.56. The summed E-state index contributed by atoms with van der Waals surface area (Å²) in [4.78, 5) is 12.4. The lowest BCUT2D eigenvalue weighted by Gasteiger charge is -2.18. The van der Waals surface area contributed by atoms with Crippen molar-refractivity contribution in [3.05, 3.63) is 52.3 Å². The van der Waals surface area contributed by atoms with Gasteiger partial charge in [0.1, 0.15) is 0 Å². The van der Waals surface area contributed by atoms with Gasteiger partial charge in [-0.3, -0.25) is 9.48 Å². The molecule has 8 heteroatoms. The number of fused-ring (bicyclic) bond motifs is 1. The Morgan fingerprint density at radius 1 is 1.29 bits per heavy atom. The summed E-state index contributed by atoms with van der Waals surface area (Å²) >= 11 is 0. The van der Waals surface area contributed by atoms with Gasteiger partial charge in [0.25, 0.3) is 5.91 Å². The number of rotatable bonds is 4. The SMILES string of the molecule is O=C(NCc1nn(C2CCCC2)c2c1COCC2)c1cccc(C(F)(F)F)c1. The zero-order chi connectivity index (χ0) is 19.7. The fourth-order valence-electron chi connectivity index (χ4n) is 4.03. The van der Waals surface area contributed by atoms with Crippen LogP contribution >= 0.6 is 0 Å². The Bertz CT molecular complexity index is 870. The molecule has 1 fully saturated rings. The lowest BCUT2D eigenvalue weighted by molar-refractivity contribution is -0.137. The molecule has 2 heterocycles. The molecule has 1 aromatic heterocycles. The van der Waals surface area contributed by atoms with Gasteiger partial charge >= 0.3 is 6.18 Å². The molecule has 0 bridgehead atoms. The minimum absolute atomic E-state index is 0.0184. The van der Waals surface area contributed by atoms with Crippen LogP contribution in [0.2, 0.25) is 0 Å². The Balaban J connectivity index is 1.51. The predicted molar refractivity (Wildman–Crippen MR) is 95.7 cm³/mol. The lowest BCUT2D eigenvalue weighted by Crippen LogP contribution is -2.24. The van der Waals surface area contributed by atoms with Crippen molar-refractivity contribution in [2.45, 2.75) is 57.5 Å². The summed E-state index contributed by atoms with van der Waals surface area (Å²) in [6.45, 7) is 1.28. The van der Waals surface area contributed by atoms with E-state index in [1.165, 1.54) is 30.7 Å². The van der Waals surface area contributed by atoms with E-state index in [0.717, 1.165) is 42.7 Å². The monoisotopic (exact) mass is 393 g/mol. The molecule has 5 nitrogen and oxygen atoms in total. The van der Waals surface area contributed by atoms with Crippen LogP contribution in [0.4, 0.5) is 13.2 Å². The van der Waals surface area contributed by atoms with Gasteiger partial charge in [-0.05, 0) is 31.0 Å². The molecule has 150 valence electrons. The lowest BCUT2D eigenvalue weighted by atomic mass is 10.1. The summed E-state index contributed by atoms with van der Waals surface area (Å²) in [5, 5.41) is 7.45. The molecule has 4 rings (SSSR count). The molecular formula is C20H22F3N3O2. The molecule has 0 saturated heterocycles. The number of hydrogen-bond donors (Lipinski definition) is 1. The highest BCUT2D eigenvalue weighted by atomic mass is 19.4. The maximum absolute atomic E-state index is 12.9. The van der Waals surface area contributed by atoms with Crippen LogP contribution in [-0.2, 0) is 30.5 Å². The number of aromatic nitrogens is 2. The smallest absolute Gasteiger partial charge is 0.376 e. The van der Waals surface area contributed by atoms with Crippen molar-refractivity contribution < 1.29 is 22.7 Å². The summed E-state index contributed by atoms with van der Waals surface area (Å²) in [6.07, 6.45) is 0.901. The van der Waals surface area contributed by atoms with Crippen LogP contribution in [0.15, 0.2) is 24.3 Å². The quantitative estimate of drug-likeness (QED) is 0.854. The van der Waals surface area contributed by atoms with Crippen LogP contribution in [0.25, 0.3) is 0 Å². The molecule has 1 aromatic carbocycles. The van der Waals surface area contributed by atoms with Gasteiger partial charge < -0.3 is 10.1 Å². The third kappa shape index (κ3) is 3.78. The zero-order valence-corrected chi connectivity index (χ0v) is 15.4. The van der Waals surface area contributed by atoms with Crippen LogP contribution in [0.1, 0.15) is 64.6 Å². The van der Waals surface area contributed by atoms with Crippen molar-refractivity contribution in [3.63, 3.8) is 0 Å². The number of hydrogen-bond acceptors (Lipinski definition) is 3. The summed E-state index contributed by atoms with van der Waals surface area (Å²) in [5.41, 5.74) is 2.05. The standard InChI is InChI=1S/C20H22F3N3O2/c21-20(22,23)14-5-3-4-13(10-14)19(27)24-11-17-16-12-28-9-8-18(16)26(25-17)15-6-1-2-7-15/h3-5,10,15H,1-2,6-9,11-12H2,(H,24,27). The predicted octanol–water partition coefficient (Wildman–Crippen LogP) is 4.02. The number of ether oxygens (including phenoxy) is 1. The topological polar surface area (TPSA) is 56.2 Å². The molecule has 0 spiro atoms. The first kappa shape index (κ1) is 19.0. The van der Waals surface area contributed by atoms with E-state index in [4.69, 9.17) is 9.84 Å². The van der Waals surface area contributed by atoms with Gasteiger partial charge in [-0.2, -0.15) is 18.3 Å². The molecule has 1 N–H and O–H groups in total. The van der Waals surface area contributed by atoms with E-state index in [-0.39, 0.29) is 12.1 Å². The van der Waals surface area contributed by atoms with E-state index in [2.05, 4.69) is 10.00 Å². The first-order chi connectivity index (χ1) is 13.4. The molecule has 1 amide bonds. The Labute approximate surface area is 160 Å². The number of halogens is 3. The number of carbonyl (C=O) groups excluding carboxylic acids is 1. The Hall–Kier alpha value is -2.35. The van der Waals surface area contributed by atoms with E-state index in [1.807, 2.05) is 0 Å². The van der Waals surface area contributed by atoms with Crippen molar-refractivity contribution in [1.29, 1.82) is 0 Å². The van der Waals surface area contributed by atoms with E-state index in [9.17, 15) is 18.0 Å². The van der Waals surface area contributed by atoms with Gasteiger partial charge in [-0.25, -0.2) is 0 Å². The number of carbonyl (C=O) groups is 1. The Kier molecular flexibility index (Phi) is 5.14. The summed E-state index contributed by atoms with van der Waals surface area (Å²) < 4.78 is 46.2. The van der Waals surface area contributed by atoms with Crippen molar-refractivity contribution in [2.24, 2.45) is 0 Å². The molecular weight excluding hydrogens is 371 g/mol. The second-order valence-corrected chi connectivity index (χ2v) is 7.32. The minimum Gasteiger partial charge on any atom is -0.376 e. The van der Waals surface area contributed by atoms with Gasteiger partial charge in [0.05, 0.1) is 37.1 Å². The Morgan fingerprint density at radius 3 is 2.82 bits per heavy atom. The molecule has 1 aliphatic carbocycles. The molecule has 2 aliphatic rings. The number of nitrogens with zero attached hydrogens (tertiary/aromatic N) is 2. The van der Waals surface area contributed by atoms with Crippen molar-refractivity contribution in [2.75, 3.05) is 6.61 Å². The molecule has 2 aromatic rings. The largest absolute Gasteiger partial charge is 0.416 e. The number of benzene rings is 1. The van der Waals surface area contributed by atoms with Gasteiger partial charge in [0.15, 0.2) is 0 Å². The average molecular weight is 393 g/mol. The van der Waals surface area contributed by atoms with Crippen molar-refractivity contribution in [3.8, 4) is 0 Å². The molecule has 0 radical (unpaired) electrons. The molecule has 1 saturated carbocycles. The first-order valence-corrected chi connectivity index (χ1v) is 9.56. The van der Waals surface area contributed by atoms with Crippen LogP contribution in [0, 0.1) is 0 Å². The van der Waals surface area contributed by atoms with E-state index in [1.54, 1.807) is 0 Å².